The summed E-state index contributed by atoms with van der Waals surface area (Å²) in [5.41, 5.74) is -0.0671. The number of piperazine rings is 1. The molecule has 0 bridgehead atoms. The first-order chi connectivity index (χ1) is 11.0. The quantitative estimate of drug-likeness (QED) is 0.909. The smallest absolute Gasteiger partial charge is 0.353 e. The van der Waals surface area contributed by atoms with Crippen LogP contribution in [-0.4, -0.2) is 34.1 Å². The molecule has 1 saturated heterocycles. The molecular weight excluding hydrogens is 309 g/mol. The lowest BCUT2D eigenvalue weighted by molar-refractivity contribution is -0.140. The summed E-state index contributed by atoms with van der Waals surface area (Å²) in [4.78, 5) is 14.0. The molecule has 1 atom stereocenters. The number of hydrogen-bond acceptors (Lipinski definition) is 3. The minimum absolute atomic E-state index is 0.0308. The number of aromatic nitrogens is 2. The summed E-state index contributed by atoms with van der Waals surface area (Å²) < 4.78 is 39.8. The molecule has 23 heavy (non-hydrogen) atoms. The minimum atomic E-state index is -4.51. The number of benzene rings is 1. The Morgan fingerprint density at radius 1 is 1.26 bits per heavy atom. The van der Waals surface area contributed by atoms with Gasteiger partial charge in [0.2, 0.25) is 5.91 Å². The monoisotopic (exact) mass is 324 g/mol. The van der Waals surface area contributed by atoms with Crippen LogP contribution >= 0.6 is 0 Å². The summed E-state index contributed by atoms with van der Waals surface area (Å²) in [7, 11) is 0. The van der Waals surface area contributed by atoms with Crippen LogP contribution in [0.2, 0.25) is 0 Å². The molecule has 1 aliphatic heterocycles. The molecule has 1 aromatic carbocycles. The molecule has 0 aliphatic carbocycles. The van der Waals surface area contributed by atoms with Crippen LogP contribution in [0.15, 0.2) is 36.5 Å². The van der Waals surface area contributed by atoms with Crippen LogP contribution in [-0.2, 0) is 17.5 Å². The maximum absolute atomic E-state index is 13.3. The van der Waals surface area contributed by atoms with Crippen LogP contribution in [0.4, 0.5) is 13.2 Å². The molecule has 8 heteroatoms. The molecule has 0 unspecified atom stereocenters. The van der Waals surface area contributed by atoms with E-state index in [1.165, 1.54) is 18.2 Å². The van der Waals surface area contributed by atoms with E-state index < -0.39 is 23.7 Å². The number of halogens is 3. The Hall–Kier alpha value is -2.35. The van der Waals surface area contributed by atoms with Gasteiger partial charge in [-0.05, 0) is 17.7 Å². The topological polar surface area (TPSA) is 61.0 Å². The second kappa shape index (κ2) is 6.04. The predicted molar refractivity (Wildman–Crippen MR) is 76.2 cm³/mol. The van der Waals surface area contributed by atoms with E-state index in [1.807, 2.05) is 0 Å². The molecule has 122 valence electrons. The predicted octanol–water partition coefficient (Wildman–Crippen LogP) is 2.10. The summed E-state index contributed by atoms with van der Waals surface area (Å²) in [6, 6.07) is 5.96. The molecule has 2 N–H and O–H groups in total. The fourth-order valence-electron chi connectivity index (χ4n) is 2.81. The van der Waals surface area contributed by atoms with E-state index in [0.717, 1.165) is 11.8 Å². The highest BCUT2D eigenvalue weighted by atomic mass is 19.4. The van der Waals surface area contributed by atoms with Crippen molar-refractivity contribution in [2.45, 2.75) is 18.8 Å². The van der Waals surface area contributed by atoms with Gasteiger partial charge in [0.15, 0.2) is 0 Å². The maximum atomic E-state index is 13.3. The summed E-state index contributed by atoms with van der Waals surface area (Å²) >= 11 is 0. The number of nitrogens with zero attached hydrogens (tertiary/aromatic N) is 2. The van der Waals surface area contributed by atoms with Crippen LogP contribution in [0.1, 0.15) is 22.9 Å². The number of H-pyrrole nitrogens is 1. The number of rotatable bonds is 3. The molecule has 2 heterocycles. The number of aromatic amines is 1. The summed E-state index contributed by atoms with van der Waals surface area (Å²) in [6.07, 6.45) is -2.94. The van der Waals surface area contributed by atoms with Crippen molar-refractivity contribution in [1.82, 2.24) is 20.4 Å². The van der Waals surface area contributed by atoms with Crippen molar-refractivity contribution in [3.05, 3.63) is 53.3 Å². The number of amides is 1. The molecule has 2 aromatic rings. The van der Waals surface area contributed by atoms with Crippen LogP contribution in [0, 0.1) is 0 Å². The van der Waals surface area contributed by atoms with Gasteiger partial charge in [-0.2, -0.15) is 18.3 Å². The number of carbonyl (C=O) groups is 1. The van der Waals surface area contributed by atoms with Gasteiger partial charge in [0.05, 0.1) is 5.56 Å². The normalized spacial score (nSPS) is 19.6. The molecule has 1 aromatic heterocycles. The first kappa shape index (κ1) is 15.5. The number of hydrogen-bond donors (Lipinski definition) is 2. The number of nitrogens with one attached hydrogen (secondary N) is 2. The van der Waals surface area contributed by atoms with Crippen LogP contribution in [0.25, 0.3) is 0 Å². The van der Waals surface area contributed by atoms with E-state index in [9.17, 15) is 18.0 Å². The average Bonchev–Trinajstić information content (AvgIpc) is 3.00. The third-order valence-electron chi connectivity index (χ3n) is 3.80. The Labute approximate surface area is 130 Å². The first-order valence-electron chi connectivity index (χ1n) is 7.13. The number of alkyl halides is 3. The van der Waals surface area contributed by atoms with Crippen molar-refractivity contribution in [1.29, 1.82) is 0 Å². The van der Waals surface area contributed by atoms with E-state index in [-0.39, 0.29) is 5.56 Å². The van der Waals surface area contributed by atoms with Gasteiger partial charge in [-0.1, -0.05) is 18.2 Å². The Bertz CT molecular complexity index is 684. The fourth-order valence-corrected chi connectivity index (χ4v) is 2.81. The Morgan fingerprint density at radius 2 is 2.04 bits per heavy atom. The van der Waals surface area contributed by atoms with Crippen molar-refractivity contribution >= 4 is 5.91 Å². The van der Waals surface area contributed by atoms with Crippen molar-refractivity contribution in [2.75, 3.05) is 13.1 Å². The van der Waals surface area contributed by atoms with Gasteiger partial charge in [0.1, 0.15) is 6.04 Å². The molecule has 0 spiro atoms. The van der Waals surface area contributed by atoms with Gasteiger partial charge in [0, 0.05) is 31.5 Å². The van der Waals surface area contributed by atoms with Crippen molar-refractivity contribution in [3.8, 4) is 0 Å². The van der Waals surface area contributed by atoms with E-state index in [2.05, 4.69) is 15.5 Å². The average molecular weight is 324 g/mol. The lowest BCUT2D eigenvalue weighted by Crippen LogP contribution is -2.50. The fraction of sp³-hybridized carbons (Fsp3) is 0.333. The summed E-state index contributed by atoms with van der Waals surface area (Å²) in [6.45, 7) is 1.18. The van der Waals surface area contributed by atoms with Crippen LogP contribution in [0.3, 0.4) is 0 Å². The molecular formula is C15H15F3N4O. The maximum Gasteiger partial charge on any atom is 0.416 e. The third kappa shape index (κ3) is 3.21. The molecule has 1 amide bonds. The summed E-state index contributed by atoms with van der Waals surface area (Å²) in [5, 5.41) is 9.24. The van der Waals surface area contributed by atoms with Crippen molar-refractivity contribution < 1.29 is 18.0 Å². The lowest BCUT2D eigenvalue weighted by atomic mass is 9.96. The highest BCUT2D eigenvalue weighted by Crippen LogP contribution is 2.37. The largest absolute Gasteiger partial charge is 0.416 e. The Kier molecular flexibility index (Phi) is 4.08. The van der Waals surface area contributed by atoms with E-state index >= 15 is 0 Å². The van der Waals surface area contributed by atoms with Crippen LogP contribution < -0.4 is 5.32 Å². The van der Waals surface area contributed by atoms with E-state index in [1.54, 1.807) is 17.2 Å². The first-order valence-corrected chi connectivity index (χ1v) is 7.13. The van der Waals surface area contributed by atoms with Crippen molar-refractivity contribution in [3.63, 3.8) is 0 Å². The van der Waals surface area contributed by atoms with Gasteiger partial charge in [-0.25, -0.2) is 0 Å². The van der Waals surface area contributed by atoms with Gasteiger partial charge in [0.25, 0.3) is 0 Å². The SMILES string of the molecule is O=C1NCCN(Cc2ccn[nH]2)[C@H]1c1ccccc1C(F)(F)F. The molecule has 0 saturated carbocycles. The Balaban J connectivity index is 1.98. The summed E-state index contributed by atoms with van der Waals surface area (Å²) in [5.74, 6) is -0.424. The van der Waals surface area contributed by atoms with Crippen molar-refractivity contribution in [2.24, 2.45) is 0 Å². The molecule has 1 aliphatic rings. The van der Waals surface area contributed by atoms with E-state index in [0.29, 0.717) is 19.6 Å². The molecule has 5 nitrogen and oxygen atoms in total. The minimum Gasteiger partial charge on any atom is -0.353 e. The zero-order valence-corrected chi connectivity index (χ0v) is 12.1. The van der Waals surface area contributed by atoms with E-state index in [4.69, 9.17) is 0 Å². The van der Waals surface area contributed by atoms with Gasteiger partial charge in [-0.3, -0.25) is 14.8 Å². The standard InChI is InChI=1S/C15H15F3N4O/c16-15(17,18)12-4-2-1-3-11(12)13-14(23)19-7-8-22(13)9-10-5-6-20-21-10/h1-6,13H,7-9H2,(H,19,23)(H,20,21)/t13-/m0/s1. The highest BCUT2D eigenvalue weighted by Gasteiger charge is 2.40. The molecule has 0 radical (unpaired) electrons. The molecule has 1 fully saturated rings. The second-order valence-corrected chi connectivity index (χ2v) is 5.33. The van der Waals surface area contributed by atoms with Crippen LogP contribution in [0.5, 0.6) is 0 Å². The zero-order valence-electron chi connectivity index (χ0n) is 12.1. The Morgan fingerprint density at radius 3 is 2.74 bits per heavy atom. The zero-order chi connectivity index (χ0) is 16.4. The molecule has 3 rings (SSSR count). The van der Waals surface area contributed by atoms with Gasteiger partial charge < -0.3 is 5.32 Å². The third-order valence-corrected chi connectivity index (χ3v) is 3.80. The number of carbonyl (C=O) groups excluding carboxylic acids is 1. The van der Waals surface area contributed by atoms with Gasteiger partial charge in [-0.15, -0.1) is 0 Å². The second-order valence-electron chi connectivity index (χ2n) is 5.33. The lowest BCUT2D eigenvalue weighted by Gasteiger charge is -2.36. The van der Waals surface area contributed by atoms with Gasteiger partial charge >= 0.3 is 6.18 Å². The highest BCUT2D eigenvalue weighted by molar-refractivity contribution is 5.84.